The third-order valence-electron chi connectivity index (χ3n) is 3.64. The zero-order valence-corrected chi connectivity index (χ0v) is 12.2. The molecule has 0 bridgehead atoms. The molecule has 1 atom stereocenters. The number of hydrogen-bond donors (Lipinski definition) is 0. The summed E-state index contributed by atoms with van der Waals surface area (Å²) in [5, 5.41) is 4.30. The molecule has 1 aromatic heterocycles. The van der Waals surface area contributed by atoms with Crippen molar-refractivity contribution in [3.05, 3.63) is 11.8 Å². The molecule has 2 rings (SSSR count). The van der Waals surface area contributed by atoms with Gasteiger partial charge >= 0.3 is 0 Å². The molecule has 0 saturated heterocycles. The third kappa shape index (κ3) is 2.60. The van der Waals surface area contributed by atoms with Gasteiger partial charge in [0.05, 0.1) is 5.25 Å². The molecule has 1 fully saturated rings. The molecule has 1 heterocycles. The summed E-state index contributed by atoms with van der Waals surface area (Å²) in [4.78, 5) is 0. The first-order valence-corrected chi connectivity index (χ1v) is 8.29. The molecule has 0 N–H and O–H groups in total. The van der Waals surface area contributed by atoms with E-state index in [9.17, 15) is 8.42 Å². The molecule has 4 nitrogen and oxygen atoms in total. The fraction of sp³-hybridized carbons (Fsp3) is 0.769. The van der Waals surface area contributed by atoms with Gasteiger partial charge in [-0.2, -0.15) is 5.10 Å². The first-order valence-electron chi connectivity index (χ1n) is 6.74. The molecule has 1 saturated carbocycles. The van der Waals surface area contributed by atoms with Crippen molar-refractivity contribution < 1.29 is 8.42 Å². The van der Waals surface area contributed by atoms with Crippen molar-refractivity contribution >= 4 is 9.84 Å². The summed E-state index contributed by atoms with van der Waals surface area (Å²) in [7, 11) is -1.32. The SMILES string of the molecule is CCCCC(C)c1cc(S(=O)(=O)C2CC2)nn1C. The van der Waals surface area contributed by atoms with Crippen molar-refractivity contribution in [2.24, 2.45) is 7.05 Å². The molecule has 0 radical (unpaired) electrons. The van der Waals surface area contributed by atoms with Crippen LogP contribution in [0.25, 0.3) is 0 Å². The zero-order valence-electron chi connectivity index (χ0n) is 11.4. The van der Waals surface area contributed by atoms with Crippen molar-refractivity contribution in [3.63, 3.8) is 0 Å². The van der Waals surface area contributed by atoms with E-state index in [0.717, 1.165) is 37.8 Å². The van der Waals surface area contributed by atoms with E-state index in [4.69, 9.17) is 0 Å². The van der Waals surface area contributed by atoms with E-state index < -0.39 is 9.84 Å². The highest BCUT2D eigenvalue weighted by molar-refractivity contribution is 7.92. The van der Waals surface area contributed by atoms with Crippen molar-refractivity contribution in [3.8, 4) is 0 Å². The lowest BCUT2D eigenvalue weighted by molar-refractivity contribution is 0.566. The maximum absolute atomic E-state index is 12.1. The second kappa shape index (κ2) is 5.03. The molecule has 1 aliphatic carbocycles. The molecule has 1 aromatic rings. The zero-order chi connectivity index (χ0) is 13.3. The number of aromatic nitrogens is 2. The van der Waals surface area contributed by atoms with Crippen LogP contribution in [0.5, 0.6) is 0 Å². The van der Waals surface area contributed by atoms with E-state index in [1.807, 2.05) is 7.05 Å². The van der Waals surface area contributed by atoms with Crippen molar-refractivity contribution in [2.75, 3.05) is 0 Å². The standard InChI is InChI=1S/C13H22N2O2S/c1-4-5-6-10(2)12-9-13(14-15(12)3)18(16,17)11-7-8-11/h9-11H,4-8H2,1-3H3. The lowest BCUT2D eigenvalue weighted by Crippen LogP contribution is -2.08. The van der Waals surface area contributed by atoms with E-state index in [1.165, 1.54) is 0 Å². The molecule has 0 aromatic carbocycles. The highest BCUT2D eigenvalue weighted by Gasteiger charge is 2.38. The van der Waals surface area contributed by atoms with Gasteiger partial charge in [0.1, 0.15) is 0 Å². The van der Waals surface area contributed by atoms with Gasteiger partial charge < -0.3 is 0 Å². The molecule has 18 heavy (non-hydrogen) atoms. The topological polar surface area (TPSA) is 52.0 Å². The smallest absolute Gasteiger partial charge is 0.200 e. The monoisotopic (exact) mass is 270 g/mol. The van der Waals surface area contributed by atoms with Gasteiger partial charge in [-0.25, -0.2) is 8.42 Å². The number of rotatable bonds is 6. The van der Waals surface area contributed by atoms with Crippen LogP contribution in [-0.2, 0) is 16.9 Å². The van der Waals surface area contributed by atoms with Gasteiger partial charge in [0, 0.05) is 12.7 Å². The van der Waals surface area contributed by atoms with E-state index in [2.05, 4.69) is 18.9 Å². The first kappa shape index (κ1) is 13.6. The molecular formula is C13H22N2O2S. The average molecular weight is 270 g/mol. The van der Waals surface area contributed by atoms with E-state index in [1.54, 1.807) is 10.7 Å². The Morgan fingerprint density at radius 1 is 1.50 bits per heavy atom. The van der Waals surface area contributed by atoms with E-state index in [-0.39, 0.29) is 10.3 Å². The number of unbranched alkanes of at least 4 members (excludes halogenated alkanes) is 1. The maximum Gasteiger partial charge on any atom is 0.200 e. The molecule has 0 aliphatic heterocycles. The molecule has 0 spiro atoms. The number of nitrogens with zero attached hydrogens (tertiary/aromatic N) is 2. The van der Waals surface area contributed by atoms with Crippen LogP contribution in [0.15, 0.2) is 11.1 Å². The molecule has 1 aliphatic rings. The normalized spacial score (nSPS) is 17.9. The number of aryl methyl sites for hydroxylation is 1. The summed E-state index contributed by atoms with van der Waals surface area (Å²) in [6.07, 6.45) is 4.99. The van der Waals surface area contributed by atoms with Crippen LogP contribution >= 0.6 is 0 Å². The van der Waals surface area contributed by atoms with Gasteiger partial charge in [-0.15, -0.1) is 0 Å². The average Bonchev–Trinajstić information content (AvgIpc) is 3.10. The number of hydrogen-bond acceptors (Lipinski definition) is 3. The van der Waals surface area contributed by atoms with Crippen molar-refractivity contribution in [1.29, 1.82) is 0 Å². The summed E-state index contributed by atoms with van der Waals surface area (Å²) in [6.45, 7) is 4.30. The molecule has 0 amide bonds. The number of sulfone groups is 1. The lowest BCUT2D eigenvalue weighted by Gasteiger charge is -2.10. The second-order valence-electron chi connectivity index (χ2n) is 5.32. The minimum atomic E-state index is -3.15. The van der Waals surface area contributed by atoms with Crippen LogP contribution in [-0.4, -0.2) is 23.4 Å². The predicted molar refractivity (Wildman–Crippen MR) is 71.4 cm³/mol. The quantitative estimate of drug-likeness (QED) is 0.798. The summed E-state index contributed by atoms with van der Waals surface area (Å²) >= 11 is 0. The van der Waals surface area contributed by atoms with Crippen molar-refractivity contribution in [1.82, 2.24) is 9.78 Å². The Morgan fingerprint density at radius 3 is 2.72 bits per heavy atom. The van der Waals surface area contributed by atoms with Crippen LogP contribution in [0, 0.1) is 0 Å². The van der Waals surface area contributed by atoms with Gasteiger partial charge in [0.2, 0.25) is 0 Å². The molecular weight excluding hydrogens is 248 g/mol. The Balaban J connectivity index is 2.21. The molecule has 1 unspecified atom stereocenters. The minimum absolute atomic E-state index is 0.175. The Labute approximate surface area is 109 Å². The van der Waals surface area contributed by atoms with Gasteiger partial charge in [-0.05, 0) is 31.2 Å². The van der Waals surface area contributed by atoms with Crippen LogP contribution in [0.3, 0.4) is 0 Å². The van der Waals surface area contributed by atoms with Crippen LogP contribution in [0.2, 0.25) is 0 Å². The first-order chi connectivity index (χ1) is 8.46. The fourth-order valence-electron chi connectivity index (χ4n) is 2.26. The highest BCUT2D eigenvalue weighted by atomic mass is 32.2. The molecule has 102 valence electrons. The Bertz CT molecular complexity index is 515. The van der Waals surface area contributed by atoms with Gasteiger partial charge in [-0.1, -0.05) is 26.7 Å². The van der Waals surface area contributed by atoms with Crippen molar-refractivity contribution in [2.45, 2.75) is 62.1 Å². The predicted octanol–water partition coefficient (Wildman–Crippen LogP) is 2.65. The highest BCUT2D eigenvalue weighted by Crippen LogP contribution is 2.34. The fourth-order valence-corrected chi connectivity index (χ4v) is 3.88. The van der Waals surface area contributed by atoms with Gasteiger partial charge in [-0.3, -0.25) is 4.68 Å². The minimum Gasteiger partial charge on any atom is -0.271 e. The van der Waals surface area contributed by atoms with E-state index >= 15 is 0 Å². The summed E-state index contributed by atoms with van der Waals surface area (Å²) in [6, 6.07) is 1.77. The Morgan fingerprint density at radius 2 is 2.17 bits per heavy atom. The van der Waals surface area contributed by atoms with Gasteiger partial charge in [0.25, 0.3) is 0 Å². The third-order valence-corrected chi connectivity index (χ3v) is 5.78. The second-order valence-corrected chi connectivity index (χ2v) is 7.49. The lowest BCUT2D eigenvalue weighted by atomic mass is 10.0. The Kier molecular flexibility index (Phi) is 3.80. The van der Waals surface area contributed by atoms with Crippen LogP contribution in [0.4, 0.5) is 0 Å². The Hall–Kier alpha value is -0.840. The summed E-state index contributed by atoms with van der Waals surface area (Å²) in [5.41, 5.74) is 1.03. The van der Waals surface area contributed by atoms with Gasteiger partial charge in [0.15, 0.2) is 14.9 Å². The largest absolute Gasteiger partial charge is 0.271 e. The van der Waals surface area contributed by atoms with E-state index in [0.29, 0.717) is 5.92 Å². The molecule has 5 heteroatoms. The summed E-state index contributed by atoms with van der Waals surface area (Å²) in [5.74, 6) is 0.366. The van der Waals surface area contributed by atoms with Crippen LogP contribution in [0.1, 0.15) is 57.6 Å². The summed E-state index contributed by atoms with van der Waals surface area (Å²) < 4.78 is 26.0. The maximum atomic E-state index is 12.1. The van der Waals surface area contributed by atoms with Crippen LogP contribution < -0.4 is 0 Å².